The molecule has 23 heavy (non-hydrogen) atoms. The number of anilines is 2. The highest BCUT2D eigenvalue weighted by Crippen LogP contribution is 2.18. The van der Waals surface area contributed by atoms with Crippen molar-refractivity contribution in [2.45, 2.75) is 34.1 Å². The normalized spacial score (nSPS) is 10.1. The fourth-order valence-electron chi connectivity index (χ4n) is 2.41. The first-order valence-electron chi connectivity index (χ1n) is 8.03. The zero-order valence-electron chi connectivity index (χ0n) is 14.1. The van der Waals surface area contributed by atoms with Crippen LogP contribution in [-0.4, -0.2) is 9.38 Å². The Balaban J connectivity index is 0.000000924. The van der Waals surface area contributed by atoms with Gasteiger partial charge in [-0.1, -0.05) is 39.0 Å². The Bertz CT molecular complexity index is 853. The Kier molecular flexibility index (Phi) is 5.52. The summed E-state index contributed by atoms with van der Waals surface area (Å²) in [5, 5.41) is 3.27. The molecule has 2 heterocycles. The summed E-state index contributed by atoms with van der Waals surface area (Å²) in [6.07, 6.45) is 2.39. The Hall–Kier alpha value is -2.62. The van der Waals surface area contributed by atoms with Gasteiger partial charge >= 0.3 is 0 Å². The van der Waals surface area contributed by atoms with E-state index in [1.807, 2.05) is 70.2 Å². The van der Waals surface area contributed by atoms with Gasteiger partial charge in [0.15, 0.2) is 0 Å². The summed E-state index contributed by atoms with van der Waals surface area (Å²) in [4.78, 5) is 17.1. The summed E-state index contributed by atoms with van der Waals surface area (Å²) in [6, 6.07) is 13.6. The van der Waals surface area contributed by atoms with Crippen LogP contribution in [0.2, 0.25) is 0 Å². The monoisotopic (exact) mass is 309 g/mol. The van der Waals surface area contributed by atoms with E-state index < -0.39 is 0 Å². The summed E-state index contributed by atoms with van der Waals surface area (Å²) in [7, 11) is 0. The van der Waals surface area contributed by atoms with E-state index in [2.05, 4.69) is 10.3 Å². The van der Waals surface area contributed by atoms with Crippen LogP contribution in [0, 0.1) is 6.92 Å². The maximum atomic E-state index is 12.5. The van der Waals surface area contributed by atoms with E-state index in [-0.39, 0.29) is 5.56 Å². The van der Waals surface area contributed by atoms with Gasteiger partial charge in [0, 0.05) is 11.9 Å². The minimum Gasteiger partial charge on any atom is -0.340 e. The van der Waals surface area contributed by atoms with Crippen LogP contribution in [0.3, 0.4) is 0 Å². The molecule has 0 saturated heterocycles. The molecule has 2 aromatic heterocycles. The number of rotatable bonds is 3. The molecular weight excluding hydrogens is 286 g/mol. The summed E-state index contributed by atoms with van der Waals surface area (Å²) in [5.74, 6) is 0.638. The molecule has 0 aliphatic rings. The third kappa shape index (κ3) is 3.59. The first kappa shape index (κ1) is 16.7. The van der Waals surface area contributed by atoms with Gasteiger partial charge in [0.2, 0.25) is 0 Å². The first-order valence-corrected chi connectivity index (χ1v) is 8.03. The van der Waals surface area contributed by atoms with Crippen molar-refractivity contribution in [1.29, 1.82) is 0 Å². The number of nitrogens with one attached hydrogen (secondary N) is 1. The number of aryl methyl sites for hydroxylation is 1. The maximum Gasteiger partial charge on any atom is 0.263 e. The van der Waals surface area contributed by atoms with E-state index in [9.17, 15) is 4.79 Å². The summed E-state index contributed by atoms with van der Waals surface area (Å²) in [6.45, 7) is 8.00. The van der Waals surface area contributed by atoms with E-state index in [0.717, 1.165) is 11.3 Å². The van der Waals surface area contributed by atoms with Crippen molar-refractivity contribution < 1.29 is 0 Å². The molecule has 1 aromatic carbocycles. The molecule has 0 spiro atoms. The topological polar surface area (TPSA) is 46.4 Å². The quantitative estimate of drug-likeness (QED) is 0.783. The Morgan fingerprint density at radius 2 is 1.91 bits per heavy atom. The number of aromatic nitrogens is 2. The number of hydrogen-bond acceptors (Lipinski definition) is 3. The van der Waals surface area contributed by atoms with Crippen LogP contribution in [0.4, 0.5) is 11.5 Å². The van der Waals surface area contributed by atoms with Crippen molar-refractivity contribution in [1.82, 2.24) is 9.38 Å². The van der Waals surface area contributed by atoms with Crippen molar-refractivity contribution in [3.8, 4) is 0 Å². The molecule has 0 unspecified atom stereocenters. The average molecular weight is 309 g/mol. The molecule has 0 radical (unpaired) electrons. The van der Waals surface area contributed by atoms with Gasteiger partial charge in [0.05, 0.1) is 5.56 Å². The van der Waals surface area contributed by atoms with Crippen molar-refractivity contribution in [3.05, 3.63) is 70.1 Å². The molecule has 0 atom stereocenters. The number of pyridine rings is 1. The highest BCUT2D eigenvalue weighted by Gasteiger charge is 2.11. The van der Waals surface area contributed by atoms with Crippen LogP contribution in [0.25, 0.3) is 5.65 Å². The van der Waals surface area contributed by atoms with Crippen LogP contribution in [0.15, 0.2) is 53.5 Å². The van der Waals surface area contributed by atoms with E-state index >= 15 is 0 Å². The second kappa shape index (κ2) is 7.58. The van der Waals surface area contributed by atoms with Gasteiger partial charge in [-0.3, -0.25) is 9.20 Å². The van der Waals surface area contributed by atoms with Crippen LogP contribution < -0.4 is 10.9 Å². The smallest absolute Gasteiger partial charge is 0.263 e. The number of benzene rings is 1. The van der Waals surface area contributed by atoms with Crippen LogP contribution in [-0.2, 0) is 6.42 Å². The Morgan fingerprint density at radius 3 is 2.61 bits per heavy atom. The predicted octanol–water partition coefficient (Wildman–Crippen LogP) is 4.34. The molecule has 0 aliphatic carbocycles. The molecule has 4 nitrogen and oxygen atoms in total. The van der Waals surface area contributed by atoms with Gasteiger partial charge in [0.25, 0.3) is 5.56 Å². The standard InChI is InChI=1S/C17H17N3O.C2H6/c1-3-14-16(18-13-8-6-7-12(2)11-13)19-15-9-4-5-10-20(15)17(14)21;1-2/h4-11,18H,3H2,1-2H3;1-2H3. The number of nitrogens with zero attached hydrogens (tertiary/aromatic N) is 2. The zero-order chi connectivity index (χ0) is 16.8. The van der Waals surface area contributed by atoms with E-state index in [1.54, 1.807) is 10.6 Å². The lowest BCUT2D eigenvalue weighted by molar-refractivity contribution is 0.971. The van der Waals surface area contributed by atoms with E-state index in [0.29, 0.717) is 23.4 Å². The van der Waals surface area contributed by atoms with Gasteiger partial charge < -0.3 is 5.32 Å². The average Bonchev–Trinajstić information content (AvgIpc) is 2.57. The van der Waals surface area contributed by atoms with Gasteiger partial charge in [-0.25, -0.2) is 4.98 Å². The second-order valence-electron chi connectivity index (χ2n) is 5.02. The van der Waals surface area contributed by atoms with Crippen molar-refractivity contribution in [2.75, 3.05) is 5.32 Å². The molecule has 4 heteroatoms. The maximum absolute atomic E-state index is 12.5. The van der Waals surface area contributed by atoms with Gasteiger partial charge in [-0.05, 0) is 43.2 Å². The molecule has 0 fully saturated rings. The fourth-order valence-corrected chi connectivity index (χ4v) is 2.41. The highest BCUT2D eigenvalue weighted by molar-refractivity contribution is 5.62. The molecule has 1 N–H and O–H groups in total. The molecule has 0 saturated carbocycles. The van der Waals surface area contributed by atoms with Gasteiger partial charge in [-0.2, -0.15) is 0 Å². The van der Waals surface area contributed by atoms with Crippen molar-refractivity contribution in [2.24, 2.45) is 0 Å². The third-order valence-electron chi connectivity index (χ3n) is 3.46. The molecular formula is C19H23N3O. The minimum atomic E-state index is -0.0155. The Morgan fingerprint density at radius 1 is 1.13 bits per heavy atom. The lowest BCUT2D eigenvalue weighted by atomic mass is 10.2. The number of fused-ring (bicyclic) bond motifs is 1. The van der Waals surface area contributed by atoms with Crippen LogP contribution >= 0.6 is 0 Å². The molecule has 3 rings (SSSR count). The van der Waals surface area contributed by atoms with Gasteiger partial charge in [-0.15, -0.1) is 0 Å². The second-order valence-corrected chi connectivity index (χ2v) is 5.02. The van der Waals surface area contributed by atoms with Gasteiger partial charge in [0.1, 0.15) is 11.5 Å². The van der Waals surface area contributed by atoms with Crippen molar-refractivity contribution in [3.63, 3.8) is 0 Å². The highest BCUT2D eigenvalue weighted by atomic mass is 16.1. The zero-order valence-corrected chi connectivity index (χ0v) is 14.1. The molecule has 3 aromatic rings. The molecule has 0 bridgehead atoms. The van der Waals surface area contributed by atoms with Crippen LogP contribution in [0.5, 0.6) is 0 Å². The Labute approximate surface area is 136 Å². The lowest BCUT2D eigenvalue weighted by Crippen LogP contribution is -2.21. The van der Waals surface area contributed by atoms with Crippen LogP contribution in [0.1, 0.15) is 31.9 Å². The molecule has 0 amide bonds. The van der Waals surface area contributed by atoms with E-state index in [1.165, 1.54) is 0 Å². The van der Waals surface area contributed by atoms with E-state index in [4.69, 9.17) is 0 Å². The number of hydrogen-bond donors (Lipinski definition) is 1. The summed E-state index contributed by atoms with van der Waals surface area (Å²) in [5.41, 5.74) is 3.43. The predicted molar refractivity (Wildman–Crippen MR) is 96.6 cm³/mol. The summed E-state index contributed by atoms with van der Waals surface area (Å²) >= 11 is 0. The molecule has 0 aliphatic heterocycles. The SMILES string of the molecule is CC.CCc1c(Nc2cccc(C)c2)nc2ccccn2c1=O. The molecule has 120 valence electrons. The minimum absolute atomic E-state index is 0.0155. The largest absolute Gasteiger partial charge is 0.340 e. The summed E-state index contributed by atoms with van der Waals surface area (Å²) < 4.78 is 1.58. The lowest BCUT2D eigenvalue weighted by Gasteiger charge is -2.12. The first-order chi connectivity index (χ1) is 11.2. The fraction of sp³-hybridized carbons (Fsp3) is 0.263. The third-order valence-corrected chi connectivity index (χ3v) is 3.46. The van der Waals surface area contributed by atoms with Crippen molar-refractivity contribution >= 4 is 17.2 Å².